The fraction of sp³-hybridized carbons (Fsp3) is 0.474. The van der Waals surface area contributed by atoms with Crippen molar-refractivity contribution in [1.29, 1.82) is 0 Å². The third-order valence-corrected chi connectivity index (χ3v) is 4.67. The summed E-state index contributed by atoms with van der Waals surface area (Å²) in [7, 11) is 0. The van der Waals surface area contributed by atoms with E-state index in [9.17, 15) is 18.0 Å². The molecule has 0 aliphatic heterocycles. The molecule has 0 spiro atoms. The Bertz CT molecular complexity index is 796. The van der Waals surface area contributed by atoms with E-state index < -0.39 is 17.7 Å². The lowest BCUT2D eigenvalue weighted by Gasteiger charge is -2.18. The third kappa shape index (κ3) is 5.02. The number of aromatic carboxylic acids is 1. The Balaban J connectivity index is 2.36. The van der Waals surface area contributed by atoms with Gasteiger partial charge in [-0.2, -0.15) is 18.3 Å². The van der Waals surface area contributed by atoms with Crippen molar-refractivity contribution in [1.82, 2.24) is 9.78 Å². The molecule has 0 aliphatic carbocycles. The second-order valence-electron chi connectivity index (χ2n) is 6.42. The molecule has 0 fully saturated rings. The minimum absolute atomic E-state index is 0.0126. The third-order valence-electron chi connectivity index (χ3n) is 4.67. The zero-order chi connectivity index (χ0) is 20.2. The van der Waals surface area contributed by atoms with Crippen LogP contribution in [0.15, 0.2) is 24.4 Å². The van der Waals surface area contributed by atoms with E-state index in [1.165, 1.54) is 16.9 Å². The molecule has 0 saturated carbocycles. The number of nitrogens with zero attached hydrogens (tertiary/aromatic N) is 2. The Kier molecular flexibility index (Phi) is 6.51. The first kappa shape index (κ1) is 20.8. The zero-order valence-electron chi connectivity index (χ0n) is 15.5. The van der Waals surface area contributed by atoms with Crippen molar-refractivity contribution in [2.24, 2.45) is 5.92 Å². The van der Waals surface area contributed by atoms with Gasteiger partial charge in [-0.1, -0.05) is 26.7 Å². The van der Waals surface area contributed by atoms with Crippen LogP contribution in [0.5, 0.6) is 5.75 Å². The second kappa shape index (κ2) is 8.45. The van der Waals surface area contributed by atoms with Gasteiger partial charge in [-0.3, -0.25) is 4.68 Å². The van der Waals surface area contributed by atoms with Gasteiger partial charge in [0.05, 0.1) is 30.6 Å². The summed E-state index contributed by atoms with van der Waals surface area (Å²) in [5, 5.41) is 13.1. The van der Waals surface area contributed by atoms with Gasteiger partial charge in [0.2, 0.25) is 0 Å². The molecule has 0 radical (unpaired) electrons. The highest BCUT2D eigenvalue weighted by Crippen LogP contribution is 2.33. The molecule has 1 aromatic heterocycles. The van der Waals surface area contributed by atoms with Gasteiger partial charge >= 0.3 is 12.1 Å². The van der Waals surface area contributed by atoms with Crippen LogP contribution in [0.3, 0.4) is 0 Å². The molecule has 0 saturated heterocycles. The van der Waals surface area contributed by atoms with Crippen LogP contribution in [-0.2, 0) is 12.7 Å². The number of carboxylic acids is 1. The molecular formula is C19H23F3N2O3. The summed E-state index contributed by atoms with van der Waals surface area (Å²) in [4.78, 5) is 11.2. The van der Waals surface area contributed by atoms with Crippen LogP contribution in [0.4, 0.5) is 13.2 Å². The molecule has 1 N–H and O–H groups in total. The van der Waals surface area contributed by atoms with Gasteiger partial charge < -0.3 is 9.84 Å². The molecule has 0 aliphatic rings. The van der Waals surface area contributed by atoms with Crippen LogP contribution in [0.25, 0.3) is 0 Å². The van der Waals surface area contributed by atoms with Crippen LogP contribution in [0.2, 0.25) is 0 Å². The molecule has 5 nitrogen and oxygen atoms in total. The van der Waals surface area contributed by atoms with Crippen molar-refractivity contribution >= 4 is 5.97 Å². The molecule has 0 bridgehead atoms. The molecule has 27 heavy (non-hydrogen) atoms. The van der Waals surface area contributed by atoms with Gasteiger partial charge in [0.25, 0.3) is 0 Å². The molecule has 148 valence electrons. The van der Waals surface area contributed by atoms with E-state index in [2.05, 4.69) is 5.10 Å². The fourth-order valence-corrected chi connectivity index (χ4v) is 2.73. The Morgan fingerprint density at radius 1 is 1.30 bits per heavy atom. The van der Waals surface area contributed by atoms with E-state index in [0.29, 0.717) is 29.5 Å². The van der Waals surface area contributed by atoms with Crippen molar-refractivity contribution in [2.45, 2.75) is 46.3 Å². The number of ether oxygens (including phenoxy) is 1. The summed E-state index contributed by atoms with van der Waals surface area (Å²) >= 11 is 0. The van der Waals surface area contributed by atoms with Crippen molar-refractivity contribution in [3.05, 3.63) is 46.8 Å². The monoisotopic (exact) mass is 384 g/mol. The van der Waals surface area contributed by atoms with Crippen LogP contribution < -0.4 is 4.74 Å². The number of benzene rings is 1. The highest BCUT2D eigenvalue weighted by Gasteiger charge is 2.31. The first-order chi connectivity index (χ1) is 12.7. The summed E-state index contributed by atoms with van der Waals surface area (Å²) in [5.41, 5.74) is -0.0955. The van der Waals surface area contributed by atoms with E-state index >= 15 is 0 Å². The minimum Gasteiger partial charge on any atom is -0.493 e. The zero-order valence-corrected chi connectivity index (χ0v) is 15.5. The first-order valence-corrected chi connectivity index (χ1v) is 8.75. The molecular weight excluding hydrogens is 361 g/mol. The van der Waals surface area contributed by atoms with Gasteiger partial charge in [0, 0.05) is 5.56 Å². The number of aromatic nitrogens is 2. The maximum Gasteiger partial charge on any atom is 0.416 e. The molecule has 0 unspecified atom stereocenters. The van der Waals surface area contributed by atoms with Gasteiger partial charge in [-0.05, 0) is 31.0 Å². The Morgan fingerprint density at radius 2 is 1.96 bits per heavy atom. The maximum atomic E-state index is 13.1. The lowest BCUT2D eigenvalue weighted by molar-refractivity contribution is -0.137. The SMILES string of the molecule is CCC(CC)COc1ccc(C(F)(F)F)cc1Cn1ncc(C(=O)O)c1C. The van der Waals surface area contributed by atoms with Crippen LogP contribution in [-0.4, -0.2) is 27.5 Å². The first-order valence-electron chi connectivity index (χ1n) is 8.75. The van der Waals surface area contributed by atoms with Crippen LogP contribution in [0, 0.1) is 12.8 Å². The summed E-state index contributed by atoms with van der Waals surface area (Å²) in [6.07, 6.45) is -1.47. The normalized spacial score (nSPS) is 11.8. The molecule has 2 rings (SSSR count). The average Bonchev–Trinajstić information content (AvgIpc) is 2.96. The van der Waals surface area contributed by atoms with Gasteiger partial charge in [0.15, 0.2) is 0 Å². The fourth-order valence-electron chi connectivity index (χ4n) is 2.73. The van der Waals surface area contributed by atoms with Gasteiger partial charge in [-0.25, -0.2) is 4.79 Å². The van der Waals surface area contributed by atoms with E-state index in [1.54, 1.807) is 6.92 Å². The number of hydrogen-bond donors (Lipinski definition) is 1. The molecule has 1 heterocycles. The second-order valence-corrected chi connectivity index (χ2v) is 6.42. The predicted octanol–water partition coefficient (Wildman–Crippen LogP) is 4.77. The van der Waals surface area contributed by atoms with Gasteiger partial charge in [0.1, 0.15) is 11.3 Å². The molecule has 0 amide bonds. The number of carbonyl (C=O) groups is 1. The van der Waals surface area contributed by atoms with E-state index in [1.807, 2.05) is 13.8 Å². The highest BCUT2D eigenvalue weighted by atomic mass is 19.4. The lowest BCUT2D eigenvalue weighted by atomic mass is 10.0. The number of hydrogen-bond acceptors (Lipinski definition) is 3. The molecule has 1 aromatic carbocycles. The standard InChI is InChI=1S/C19H23F3N2O3/c1-4-13(5-2)11-27-17-7-6-15(19(20,21)22)8-14(17)10-24-12(3)16(9-23-24)18(25)26/h6-9,13H,4-5,10-11H2,1-3H3,(H,25,26). The van der Waals surface area contributed by atoms with Crippen molar-refractivity contribution in [2.75, 3.05) is 6.61 Å². The molecule has 0 atom stereocenters. The summed E-state index contributed by atoms with van der Waals surface area (Å²) in [6, 6.07) is 3.34. The highest BCUT2D eigenvalue weighted by molar-refractivity contribution is 5.88. The lowest BCUT2D eigenvalue weighted by Crippen LogP contribution is -2.14. The van der Waals surface area contributed by atoms with Crippen molar-refractivity contribution < 1.29 is 27.8 Å². The smallest absolute Gasteiger partial charge is 0.416 e. The molecule has 2 aromatic rings. The number of rotatable bonds is 8. The summed E-state index contributed by atoms with van der Waals surface area (Å²) < 4.78 is 46.5. The van der Waals surface area contributed by atoms with Crippen LogP contribution in [0.1, 0.15) is 53.9 Å². The Labute approximate surface area is 155 Å². The van der Waals surface area contributed by atoms with Crippen molar-refractivity contribution in [3.8, 4) is 5.75 Å². The largest absolute Gasteiger partial charge is 0.493 e. The van der Waals surface area contributed by atoms with E-state index in [0.717, 1.165) is 25.0 Å². The minimum atomic E-state index is -4.48. The average molecular weight is 384 g/mol. The van der Waals surface area contributed by atoms with Crippen LogP contribution >= 0.6 is 0 Å². The Hall–Kier alpha value is -2.51. The maximum absolute atomic E-state index is 13.1. The number of alkyl halides is 3. The summed E-state index contributed by atoms with van der Waals surface area (Å²) in [6.45, 7) is 6.03. The summed E-state index contributed by atoms with van der Waals surface area (Å²) in [5.74, 6) is -0.472. The Morgan fingerprint density at radius 3 is 2.48 bits per heavy atom. The van der Waals surface area contributed by atoms with E-state index in [4.69, 9.17) is 9.84 Å². The van der Waals surface area contributed by atoms with E-state index in [-0.39, 0.29) is 12.1 Å². The van der Waals surface area contributed by atoms with Crippen molar-refractivity contribution in [3.63, 3.8) is 0 Å². The quantitative estimate of drug-likeness (QED) is 0.712. The van der Waals surface area contributed by atoms with Gasteiger partial charge in [-0.15, -0.1) is 0 Å². The number of carboxylic acid groups (broad SMARTS) is 1. The number of halogens is 3. The molecule has 8 heteroatoms. The predicted molar refractivity (Wildman–Crippen MR) is 94.0 cm³/mol. The topological polar surface area (TPSA) is 64.4 Å².